The Bertz CT molecular complexity index is 600. The lowest BCUT2D eigenvalue weighted by Gasteiger charge is -2.31. The minimum Gasteiger partial charge on any atom is -0.342 e. The van der Waals surface area contributed by atoms with Crippen molar-refractivity contribution in [1.29, 1.82) is 0 Å². The van der Waals surface area contributed by atoms with Crippen molar-refractivity contribution in [3.8, 4) is 11.4 Å². The lowest BCUT2D eigenvalue weighted by atomic mass is 9.96. The molecule has 0 atom stereocenters. The molecule has 2 aromatic heterocycles. The van der Waals surface area contributed by atoms with Crippen LogP contribution in [0.25, 0.3) is 11.4 Å². The van der Waals surface area contributed by atoms with Gasteiger partial charge in [-0.1, -0.05) is 19.0 Å². The van der Waals surface area contributed by atoms with Gasteiger partial charge in [0.25, 0.3) is 0 Å². The van der Waals surface area contributed by atoms with E-state index in [9.17, 15) is 4.79 Å². The van der Waals surface area contributed by atoms with Crippen molar-refractivity contribution in [3.05, 3.63) is 17.5 Å². The molecule has 3 heterocycles. The van der Waals surface area contributed by atoms with Gasteiger partial charge in [-0.3, -0.25) is 4.79 Å². The summed E-state index contributed by atoms with van der Waals surface area (Å²) in [5.41, 5.74) is 0.891. The van der Waals surface area contributed by atoms with Crippen LogP contribution < -0.4 is 0 Å². The van der Waals surface area contributed by atoms with E-state index in [1.807, 2.05) is 24.1 Å². The van der Waals surface area contributed by atoms with Gasteiger partial charge in [0.1, 0.15) is 0 Å². The van der Waals surface area contributed by atoms with Crippen LogP contribution in [-0.2, 0) is 4.79 Å². The first-order chi connectivity index (χ1) is 10.1. The van der Waals surface area contributed by atoms with Crippen LogP contribution in [0.2, 0.25) is 0 Å². The highest BCUT2D eigenvalue weighted by Gasteiger charge is 2.28. The molecule has 0 radical (unpaired) electrons. The molecule has 0 N–H and O–H groups in total. The lowest BCUT2D eigenvalue weighted by molar-refractivity contribution is -0.135. The number of hydrogen-bond donors (Lipinski definition) is 0. The molecule has 1 fully saturated rings. The molecule has 1 aliphatic heterocycles. The molecule has 0 bridgehead atoms. The van der Waals surface area contributed by atoms with Crippen molar-refractivity contribution in [1.82, 2.24) is 19.4 Å². The monoisotopic (exact) mass is 306 g/mol. The smallest absolute Gasteiger partial charge is 0.230 e. The van der Waals surface area contributed by atoms with Crippen LogP contribution in [0.1, 0.15) is 38.5 Å². The van der Waals surface area contributed by atoms with Crippen LogP contribution in [-0.4, -0.2) is 38.4 Å². The van der Waals surface area contributed by atoms with Crippen molar-refractivity contribution in [2.24, 2.45) is 5.92 Å². The minimum atomic E-state index is 0.0580. The number of aromatic nitrogens is 3. The lowest BCUT2D eigenvalue weighted by Crippen LogP contribution is -2.40. The maximum atomic E-state index is 12.0. The van der Waals surface area contributed by atoms with Gasteiger partial charge in [-0.2, -0.15) is 4.98 Å². The molecular formula is C14H18N4O2S. The zero-order chi connectivity index (χ0) is 14.8. The van der Waals surface area contributed by atoms with Crippen LogP contribution in [0.5, 0.6) is 0 Å². The molecule has 0 spiro atoms. The van der Waals surface area contributed by atoms with Gasteiger partial charge in [0, 0.05) is 30.3 Å². The molecular weight excluding hydrogens is 288 g/mol. The molecule has 1 saturated heterocycles. The molecule has 0 aliphatic carbocycles. The zero-order valence-corrected chi connectivity index (χ0v) is 13.0. The highest BCUT2D eigenvalue weighted by Crippen LogP contribution is 2.29. The second-order valence-corrected chi connectivity index (χ2v) is 6.28. The predicted molar refractivity (Wildman–Crippen MR) is 78.8 cm³/mol. The Morgan fingerprint density at radius 2 is 2.19 bits per heavy atom. The van der Waals surface area contributed by atoms with E-state index < -0.39 is 0 Å². The molecule has 112 valence electrons. The van der Waals surface area contributed by atoms with Gasteiger partial charge < -0.3 is 9.42 Å². The molecule has 0 saturated carbocycles. The molecule has 2 aromatic rings. The molecule has 1 aliphatic rings. The topological polar surface area (TPSA) is 72.1 Å². The average molecular weight is 306 g/mol. The van der Waals surface area contributed by atoms with E-state index in [-0.39, 0.29) is 17.7 Å². The van der Waals surface area contributed by atoms with E-state index in [1.54, 1.807) is 6.20 Å². The third kappa shape index (κ3) is 2.97. The number of piperidine rings is 1. The summed E-state index contributed by atoms with van der Waals surface area (Å²) in [6.45, 7) is 5.40. The molecule has 21 heavy (non-hydrogen) atoms. The summed E-state index contributed by atoms with van der Waals surface area (Å²) in [5, 5.41) is 5.92. The molecule has 6 nitrogen and oxygen atoms in total. The van der Waals surface area contributed by atoms with Gasteiger partial charge in [-0.15, -0.1) is 0 Å². The standard InChI is InChI=1S/C14H18N4O2S/c1-9(2)14(19)18-5-3-10(4-6-18)13-16-12(17-20-13)11-7-15-21-8-11/h7-10H,3-6H2,1-2H3. The molecule has 1 amide bonds. The summed E-state index contributed by atoms with van der Waals surface area (Å²) in [5.74, 6) is 1.80. The minimum absolute atomic E-state index is 0.0580. The largest absolute Gasteiger partial charge is 0.342 e. The molecule has 3 rings (SSSR count). The maximum absolute atomic E-state index is 12.0. The second kappa shape index (κ2) is 5.93. The van der Waals surface area contributed by atoms with Crippen LogP contribution in [0.4, 0.5) is 0 Å². The van der Waals surface area contributed by atoms with Gasteiger partial charge in [0.2, 0.25) is 17.6 Å². The third-order valence-electron chi connectivity index (χ3n) is 3.78. The van der Waals surface area contributed by atoms with Crippen LogP contribution in [0.15, 0.2) is 16.1 Å². The van der Waals surface area contributed by atoms with Crippen molar-refractivity contribution < 1.29 is 9.32 Å². The molecule has 0 aromatic carbocycles. The number of hydrogen-bond acceptors (Lipinski definition) is 6. The van der Waals surface area contributed by atoms with Gasteiger partial charge in [-0.25, -0.2) is 4.37 Å². The molecule has 0 unspecified atom stereocenters. The van der Waals surface area contributed by atoms with Crippen molar-refractivity contribution in [2.45, 2.75) is 32.6 Å². The van der Waals surface area contributed by atoms with Crippen molar-refractivity contribution >= 4 is 17.4 Å². The van der Waals surface area contributed by atoms with E-state index in [1.165, 1.54) is 11.5 Å². The summed E-state index contributed by atoms with van der Waals surface area (Å²) >= 11 is 1.37. The normalized spacial score (nSPS) is 16.6. The first kappa shape index (κ1) is 14.2. The van der Waals surface area contributed by atoms with E-state index in [2.05, 4.69) is 14.5 Å². The fraction of sp³-hybridized carbons (Fsp3) is 0.571. The van der Waals surface area contributed by atoms with Crippen molar-refractivity contribution in [3.63, 3.8) is 0 Å². The average Bonchev–Trinajstić information content (AvgIpc) is 3.17. The second-order valence-electron chi connectivity index (χ2n) is 5.62. The number of rotatable bonds is 3. The highest BCUT2D eigenvalue weighted by molar-refractivity contribution is 7.03. The predicted octanol–water partition coefficient (Wildman–Crippen LogP) is 2.56. The Morgan fingerprint density at radius 1 is 1.43 bits per heavy atom. The Kier molecular flexibility index (Phi) is 4.01. The Balaban J connectivity index is 1.64. The number of carbonyl (C=O) groups excluding carboxylic acids is 1. The van der Waals surface area contributed by atoms with E-state index in [4.69, 9.17) is 4.52 Å². The summed E-state index contributed by atoms with van der Waals surface area (Å²) in [6, 6.07) is 0. The fourth-order valence-corrected chi connectivity index (χ4v) is 3.06. The Labute approximate surface area is 127 Å². The van der Waals surface area contributed by atoms with E-state index >= 15 is 0 Å². The van der Waals surface area contributed by atoms with Crippen LogP contribution >= 0.6 is 11.5 Å². The first-order valence-corrected chi connectivity index (χ1v) is 8.01. The van der Waals surface area contributed by atoms with Gasteiger partial charge in [-0.05, 0) is 24.4 Å². The summed E-state index contributed by atoms with van der Waals surface area (Å²) in [4.78, 5) is 18.4. The summed E-state index contributed by atoms with van der Waals surface area (Å²) in [6.07, 6.45) is 3.49. The quantitative estimate of drug-likeness (QED) is 0.871. The van der Waals surface area contributed by atoms with E-state index in [0.29, 0.717) is 11.7 Å². The summed E-state index contributed by atoms with van der Waals surface area (Å²) in [7, 11) is 0. The number of nitrogens with zero attached hydrogens (tertiary/aromatic N) is 4. The van der Waals surface area contributed by atoms with Gasteiger partial charge >= 0.3 is 0 Å². The van der Waals surface area contributed by atoms with Crippen LogP contribution in [0.3, 0.4) is 0 Å². The number of amides is 1. The van der Waals surface area contributed by atoms with Crippen LogP contribution in [0, 0.1) is 5.92 Å². The number of likely N-dealkylation sites (tertiary alicyclic amines) is 1. The SMILES string of the molecule is CC(C)C(=O)N1CCC(c2nc(-c3cnsc3)no2)CC1. The zero-order valence-electron chi connectivity index (χ0n) is 12.2. The fourth-order valence-electron chi connectivity index (χ4n) is 2.55. The maximum Gasteiger partial charge on any atom is 0.230 e. The Morgan fingerprint density at radius 3 is 2.81 bits per heavy atom. The molecule has 7 heteroatoms. The van der Waals surface area contributed by atoms with Gasteiger partial charge in [0.05, 0.1) is 11.8 Å². The summed E-state index contributed by atoms with van der Waals surface area (Å²) < 4.78 is 9.43. The highest BCUT2D eigenvalue weighted by atomic mass is 32.1. The Hall–Kier alpha value is -1.76. The van der Waals surface area contributed by atoms with Gasteiger partial charge in [0.15, 0.2) is 0 Å². The number of carbonyl (C=O) groups is 1. The van der Waals surface area contributed by atoms with E-state index in [0.717, 1.165) is 31.5 Å². The van der Waals surface area contributed by atoms with Crippen molar-refractivity contribution in [2.75, 3.05) is 13.1 Å². The third-order valence-corrected chi connectivity index (χ3v) is 4.37. The first-order valence-electron chi connectivity index (χ1n) is 7.17.